The fourth-order valence-electron chi connectivity index (χ4n) is 5.59. The number of carboxylic acids is 1. The number of piperidine rings is 1. The van der Waals surface area contributed by atoms with Crippen LogP contribution in [0.25, 0.3) is 11.1 Å². The van der Waals surface area contributed by atoms with Crippen molar-refractivity contribution in [2.75, 3.05) is 55.3 Å². The van der Waals surface area contributed by atoms with Crippen LogP contribution in [-0.2, 0) is 16.2 Å². The van der Waals surface area contributed by atoms with Crippen molar-refractivity contribution in [3.63, 3.8) is 0 Å². The molecule has 2 aromatic carbocycles. The number of hydrogen-bond acceptors (Lipinski definition) is 6. The molecule has 1 aromatic heterocycles. The summed E-state index contributed by atoms with van der Waals surface area (Å²) in [5, 5.41) is 13.6. The molecule has 0 aliphatic carbocycles. The van der Waals surface area contributed by atoms with Crippen molar-refractivity contribution in [3.8, 4) is 11.1 Å². The molecular weight excluding hydrogens is 618 g/mol. The van der Waals surface area contributed by atoms with E-state index >= 15 is 0 Å². The summed E-state index contributed by atoms with van der Waals surface area (Å²) in [6.07, 6.45) is -1.90. The standard InChI is InChI=1S/C27H29ClF3N5O4S.ClH/c1-41(39,40)35-13-11-33(12-14-35)20-7-4-18(5-8-20)22-9-6-19(28)15-24(22)34-10-2-3-21(17-34)36-25(27(29,30)31)23(16-32-36)26(37)38;/h4-9,15-16,21H,2-3,10-14,17H2,1H3,(H,37,38);1H. The smallest absolute Gasteiger partial charge is 0.433 e. The average Bonchev–Trinajstić information content (AvgIpc) is 3.40. The van der Waals surface area contributed by atoms with Crippen LogP contribution in [0.5, 0.6) is 0 Å². The lowest BCUT2D eigenvalue weighted by Gasteiger charge is -2.36. The Balaban J connectivity index is 0.00000405. The predicted molar refractivity (Wildman–Crippen MR) is 157 cm³/mol. The second-order valence-corrected chi connectivity index (χ2v) is 12.7. The number of hydrogen-bond donors (Lipinski definition) is 1. The first-order chi connectivity index (χ1) is 19.3. The lowest BCUT2D eigenvalue weighted by molar-refractivity contribution is -0.145. The molecule has 9 nitrogen and oxygen atoms in total. The monoisotopic (exact) mass is 647 g/mol. The van der Waals surface area contributed by atoms with Crippen LogP contribution in [0.3, 0.4) is 0 Å². The number of aromatic carboxylic acids is 1. The Labute approximate surface area is 252 Å². The molecule has 3 heterocycles. The molecule has 0 radical (unpaired) electrons. The number of nitrogens with zero attached hydrogens (tertiary/aromatic N) is 5. The molecule has 1 unspecified atom stereocenters. The Morgan fingerprint density at radius 2 is 1.69 bits per heavy atom. The highest BCUT2D eigenvalue weighted by atomic mass is 35.5. The maximum atomic E-state index is 13.9. The molecule has 0 amide bonds. The number of halogens is 5. The topological polar surface area (TPSA) is 99.0 Å². The van der Waals surface area contributed by atoms with Gasteiger partial charge in [0.25, 0.3) is 0 Å². The minimum Gasteiger partial charge on any atom is -0.478 e. The van der Waals surface area contributed by atoms with Gasteiger partial charge in [-0.3, -0.25) is 4.68 Å². The highest BCUT2D eigenvalue weighted by Crippen LogP contribution is 2.39. The van der Waals surface area contributed by atoms with Crippen LogP contribution in [0.1, 0.15) is 34.9 Å². The van der Waals surface area contributed by atoms with Gasteiger partial charge in [0.1, 0.15) is 5.56 Å². The quantitative estimate of drug-likeness (QED) is 0.389. The number of benzene rings is 2. The van der Waals surface area contributed by atoms with E-state index < -0.39 is 39.5 Å². The molecule has 0 spiro atoms. The normalized spacial score (nSPS) is 18.5. The summed E-state index contributed by atoms with van der Waals surface area (Å²) >= 11 is 6.36. The number of alkyl halides is 3. The molecule has 0 bridgehead atoms. The number of carbonyl (C=O) groups is 1. The Bertz CT molecular complexity index is 1540. The molecule has 3 aromatic rings. The molecule has 2 aliphatic heterocycles. The van der Waals surface area contributed by atoms with Gasteiger partial charge in [0.15, 0.2) is 5.69 Å². The van der Waals surface area contributed by atoms with Crippen LogP contribution in [-0.4, -0.2) is 79.1 Å². The summed E-state index contributed by atoms with van der Waals surface area (Å²) in [4.78, 5) is 15.6. The lowest BCUT2D eigenvalue weighted by Crippen LogP contribution is -2.48. The largest absolute Gasteiger partial charge is 0.478 e. The fourth-order valence-corrected chi connectivity index (χ4v) is 6.58. The summed E-state index contributed by atoms with van der Waals surface area (Å²) in [6.45, 7) is 2.76. The zero-order valence-electron chi connectivity index (χ0n) is 22.6. The SMILES string of the molecule is CS(=O)(=O)N1CCN(c2ccc(-c3ccc(Cl)cc3N3CCCC(n4ncc(C(=O)O)c4C(F)(F)F)C3)cc2)CC1.Cl. The van der Waals surface area contributed by atoms with E-state index in [-0.39, 0.29) is 19.0 Å². The first-order valence-corrected chi connectivity index (χ1v) is 15.3. The van der Waals surface area contributed by atoms with Gasteiger partial charge in [0, 0.05) is 61.2 Å². The Kier molecular flexibility index (Phi) is 9.36. The summed E-state index contributed by atoms with van der Waals surface area (Å²) in [6, 6.07) is 12.6. The zero-order chi connectivity index (χ0) is 29.5. The van der Waals surface area contributed by atoms with Crippen LogP contribution < -0.4 is 9.80 Å². The molecule has 1 atom stereocenters. The van der Waals surface area contributed by atoms with Crippen molar-refractivity contribution >= 4 is 51.4 Å². The van der Waals surface area contributed by atoms with E-state index in [0.717, 1.165) is 33.4 Å². The summed E-state index contributed by atoms with van der Waals surface area (Å²) in [5.74, 6) is -1.67. The van der Waals surface area contributed by atoms with Crippen molar-refractivity contribution in [3.05, 3.63) is 64.9 Å². The van der Waals surface area contributed by atoms with E-state index in [9.17, 15) is 31.5 Å². The van der Waals surface area contributed by atoms with Crippen LogP contribution >= 0.6 is 24.0 Å². The first kappa shape index (κ1) is 31.9. The molecular formula is C27H30Cl2F3N5O4S. The number of piperazine rings is 1. The molecule has 2 saturated heterocycles. The second kappa shape index (κ2) is 12.3. The van der Waals surface area contributed by atoms with Crippen molar-refractivity contribution in [2.45, 2.75) is 25.1 Å². The minimum absolute atomic E-state index is 0. The molecule has 0 saturated carbocycles. The van der Waals surface area contributed by atoms with Crippen molar-refractivity contribution in [1.82, 2.24) is 14.1 Å². The molecule has 5 rings (SSSR count). The number of sulfonamides is 1. The minimum atomic E-state index is -4.87. The molecule has 2 aliphatic rings. The third-order valence-electron chi connectivity index (χ3n) is 7.59. The van der Waals surface area contributed by atoms with Crippen molar-refractivity contribution in [2.24, 2.45) is 0 Å². The van der Waals surface area contributed by atoms with Crippen LogP contribution in [0.15, 0.2) is 48.7 Å². The number of carboxylic acid groups (broad SMARTS) is 1. The maximum Gasteiger partial charge on any atom is 0.433 e. The molecule has 15 heteroatoms. The van der Waals surface area contributed by atoms with Crippen molar-refractivity contribution in [1.29, 1.82) is 0 Å². The average molecular weight is 649 g/mol. The van der Waals surface area contributed by atoms with Gasteiger partial charge in [-0.1, -0.05) is 29.8 Å². The molecule has 2 fully saturated rings. The third kappa shape index (κ3) is 6.64. The fraction of sp³-hybridized carbons (Fsp3) is 0.407. The van der Waals surface area contributed by atoms with Gasteiger partial charge in [-0.25, -0.2) is 13.2 Å². The lowest BCUT2D eigenvalue weighted by atomic mass is 9.99. The van der Waals surface area contributed by atoms with E-state index in [1.807, 2.05) is 35.2 Å². The molecule has 42 heavy (non-hydrogen) atoms. The van der Waals surface area contributed by atoms with E-state index in [1.54, 1.807) is 12.1 Å². The van der Waals surface area contributed by atoms with Crippen LogP contribution in [0.4, 0.5) is 24.5 Å². The maximum absolute atomic E-state index is 13.9. The van der Waals surface area contributed by atoms with Crippen molar-refractivity contribution < 1.29 is 31.5 Å². The highest BCUT2D eigenvalue weighted by molar-refractivity contribution is 7.88. The van der Waals surface area contributed by atoms with Gasteiger partial charge in [-0.05, 0) is 42.7 Å². The second-order valence-electron chi connectivity index (χ2n) is 10.3. The van der Waals surface area contributed by atoms with E-state index in [2.05, 4.69) is 10.00 Å². The van der Waals surface area contributed by atoms with Gasteiger partial charge < -0.3 is 14.9 Å². The number of rotatable bonds is 6. The van der Waals surface area contributed by atoms with E-state index in [0.29, 0.717) is 50.6 Å². The predicted octanol–water partition coefficient (Wildman–Crippen LogP) is 5.27. The van der Waals surface area contributed by atoms with Gasteiger partial charge >= 0.3 is 12.1 Å². The first-order valence-electron chi connectivity index (χ1n) is 13.1. The molecule has 228 valence electrons. The number of aromatic nitrogens is 2. The van der Waals surface area contributed by atoms with Crippen LogP contribution in [0.2, 0.25) is 5.02 Å². The van der Waals surface area contributed by atoms with Gasteiger partial charge in [0.05, 0.1) is 18.5 Å². The van der Waals surface area contributed by atoms with Gasteiger partial charge in [0.2, 0.25) is 10.0 Å². The van der Waals surface area contributed by atoms with Crippen LogP contribution in [0, 0.1) is 0 Å². The summed E-state index contributed by atoms with van der Waals surface area (Å²) < 4.78 is 67.5. The Morgan fingerprint density at radius 1 is 1.02 bits per heavy atom. The molecule has 1 N–H and O–H groups in total. The third-order valence-corrected chi connectivity index (χ3v) is 9.13. The zero-order valence-corrected chi connectivity index (χ0v) is 25.0. The summed E-state index contributed by atoms with van der Waals surface area (Å²) in [5.41, 5.74) is 1.35. The highest BCUT2D eigenvalue weighted by Gasteiger charge is 2.42. The Morgan fingerprint density at radius 3 is 2.29 bits per heavy atom. The number of anilines is 2. The van der Waals surface area contributed by atoms with Gasteiger partial charge in [-0.2, -0.15) is 22.6 Å². The van der Waals surface area contributed by atoms with E-state index in [4.69, 9.17) is 11.6 Å². The van der Waals surface area contributed by atoms with E-state index in [1.165, 1.54) is 10.6 Å². The summed E-state index contributed by atoms with van der Waals surface area (Å²) in [7, 11) is -3.22. The Hall–Kier alpha value is -3.00. The van der Waals surface area contributed by atoms with Gasteiger partial charge in [-0.15, -0.1) is 12.4 Å².